The van der Waals surface area contributed by atoms with E-state index in [0.717, 1.165) is 11.6 Å². The maximum absolute atomic E-state index is 13.5. The number of nitrogens with zero attached hydrogens (tertiary/aromatic N) is 5. The Kier molecular flexibility index (Phi) is 6.96. The van der Waals surface area contributed by atoms with Crippen LogP contribution in [0.15, 0.2) is 58.4 Å². The Hall–Kier alpha value is -4.67. The number of hydrogen-bond acceptors (Lipinski definition) is 7. The lowest BCUT2D eigenvalue weighted by atomic mass is 10.1. The third-order valence-corrected chi connectivity index (χ3v) is 5.66. The highest BCUT2D eigenvalue weighted by Gasteiger charge is 2.21. The van der Waals surface area contributed by atoms with E-state index in [4.69, 9.17) is 9.72 Å². The Morgan fingerprint density at radius 2 is 1.92 bits per heavy atom. The van der Waals surface area contributed by atoms with Crippen LogP contribution in [0.1, 0.15) is 47.1 Å². The Balaban J connectivity index is 2.13. The summed E-state index contributed by atoms with van der Waals surface area (Å²) in [5, 5.41) is 11.4. The van der Waals surface area contributed by atoms with Gasteiger partial charge < -0.3 is 9.30 Å². The van der Waals surface area contributed by atoms with E-state index in [0.29, 0.717) is 5.65 Å². The Morgan fingerprint density at radius 3 is 2.59 bits per heavy atom. The Labute approximate surface area is 210 Å². The van der Waals surface area contributed by atoms with E-state index in [1.165, 1.54) is 28.7 Å². The number of aryl methyl sites for hydroxylation is 1. The predicted molar refractivity (Wildman–Crippen MR) is 135 cm³/mol. The molecule has 0 unspecified atom stereocenters. The molecule has 0 bridgehead atoms. The van der Waals surface area contributed by atoms with Crippen LogP contribution in [0.3, 0.4) is 0 Å². The van der Waals surface area contributed by atoms with E-state index in [9.17, 15) is 24.5 Å². The fraction of sp³-hybridized carbons (Fsp3) is 0.269. The lowest BCUT2D eigenvalue weighted by Gasteiger charge is -2.17. The van der Waals surface area contributed by atoms with Gasteiger partial charge in [-0.25, -0.2) is 9.78 Å². The van der Waals surface area contributed by atoms with E-state index in [2.05, 4.69) is 4.99 Å². The van der Waals surface area contributed by atoms with E-state index < -0.39 is 16.8 Å². The highest BCUT2D eigenvalue weighted by Crippen LogP contribution is 2.16. The highest BCUT2D eigenvalue weighted by atomic mass is 16.6. The first-order chi connectivity index (χ1) is 17.6. The zero-order valence-electron chi connectivity index (χ0n) is 20.8. The largest absolute Gasteiger partial charge is 0.462 e. The number of non-ortho nitro benzene ring substituents is 1. The molecule has 0 atom stereocenters. The van der Waals surface area contributed by atoms with Crippen molar-refractivity contribution in [2.75, 3.05) is 6.61 Å². The number of aromatic nitrogens is 3. The van der Waals surface area contributed by atoms with Gasteiger partial charge in [0, 0.05) is 30.4 Å². The molecule has 1 aromatic carbocycles. The van der Waals surface area contributed by atoms with Gasteiger partial charge in [0.05, 0.1) is 16.9 Å². The van der Waals surface area contributed by atoms with Gasteiger partial charge in [-0.05, 0) is 43.5 Å². The summed E-state index contributed by atoms with van der Waals surface area (Å²) in [6.07, 6.45) is 1.60. The number of hydrogen-bond donors (Lipinski definition) is 0. The van der Waals surface area contributed by atoms with Crippen molar-refractivity contribution in [1.82, 2.24) is 14.0 Å². The van der Waals surface area contributed by atoms with Gasteiger partial charge in [-0.15, -0.1) is 0 Å². The van der Waals surface area contributed by atoms with Crippen molar-refractivity contribution in [1.29, 1.82) is 0 Å². The fourth-order valence-corrected chi connectivity index (χ4v) is 4.02. The zero-order chi connectivity index (χ0) is 26.9. The van der Waals surface area contributed by atoms with Crippen molar-refractivity contribution in [3.05, 3.63) is 91.3 Å². The molecule has 0 radical (unpaired) electrons. The second kappa shape index (κ2) is 10.1. The Bertz CT molecular complexity index is 1700. The first kappa shape index (κ1) is 25.4. The molecule has 0 fully saturated rings. The monoisotopic (exact) mass is 503 g/mol. The van der Waals surface area contributed by atoms with Gasteiger partial charge in [0.15, 0.2) is 5.49 Å². The molecular weight excluding hydrogens is 478 g/mol. The summed E-state index contributed by atoms with van der Waals surface area (Å²) in [6, 6.07) is 10.1. The first-order valence-electron chi connectivity index (χ1n) is 11.7. The molecule has 0 aliphatic rings. The second-order valence-electron chi connectivity index (χ2n) is 8.87. The van der Waals surface area contributed by atoms with E-state index in [1.54, 1.807) is 23.8 Å². The predicted octanol–water partition coefficient (Wildman–Crippen LogP) is 3.44. The molecule has 3 heterocycles. The molecule has 0 saturated carbocycles. The number of nitro groups is 1. The van der Waals surface area contributed by atoms with Crippen molar-refractivity contribution in [2.24, 2.45) is 10.9 Å². The fourth-order valence-electron chi connectivity index (χ4n) is 4.02. The molecule has 0 saturated heterocycles. The summed E-state index contributed by atoms with van der Waals surface area (Å²) >= 11 is 0. The quantitative estimate of drug-likeness (QED) is 0.170. The van der Waals surface area contributed by atoms with Crippen molar-refractivity contribution in [3.8, 4) is 0 Å². The average molecular weight is 504 g/mol. The molecule has 11 heteroatoms. The molecule has 0 spiro atoms. The molecule has 0 aliphatic carbocycles. The number of benzene rings is 1. The van der Waals surface area contributed by atoms with Crippen LogP contribution < -0.4 is 11.0 Å². The summed E-state index contributed by atoms with van der Waals surface area (Å²) in [5.41, 5.74) is 0.645. The summed E-state index contributed by atoms with van der Waals surface area (Å²) in [4.78, 5) is 59.2. The van der Waals surface area contributed by atoms with Crippen LogP contribution in [-0.2, 0) is 11.3 Å². The zero-order valence-corrected chi connectivity index (χ0v) is 20.8. The lowest BCUT2D eigenvalue weighted by Crippen LogP contribution is -2.34. The van der Waals surface area contributed by atoms with Gasteiger partial charge in [-0.3, -0.25) is 24.1 Å². The third-order valence-electron chi connectivity index (χ3n) is 5.66. The van der Waals surface area contributed by atoms with Crippen LogP contribution in [0.4, 0.5) is 5.69 Å². The number of amides is 1. The van der Waals surface area contributed by atoms with E-state index in [-0.39, 0.29) is 58.0 Å². The highest BCUT2D eigenvalue weighted by molar-refractivity contribution is 5.97. The number of ether oxygens (including phenoxy) is 1. The molecule has 0 N–H and O–H groups in total. The van der Waals surface area contributed by atoms with Crippen molar-refractivity contribution < 1.29 is 19.2 Å². The summed E-state index contributed by atoms with van der Waals surface area (Å²) in [7, 11) is 0. The van der Waals surface area contributed by atoms with Crippen LogP contribution in [0.5, 0.6) is 0 Å². The minimum atomic E-state index is -0.792. The molecule has 3 aromatic heterocycles. The summed E-state index contributed by atoms with van der Waals surface area (Å²) in [5.74, 6) is -1.54. The molecule has 4 aromatic rings. The molecule has 0 aliphatic heterocycles. The molecular formula is C26H25N5O6. The first-order valence-corrected chi connectivity index (χ1v) is 11.7. The molecule has 37 heavy (non-hydrogen) atoms. The standard InChI is InChI=1S/C26H25N5O6/c1-5-37-26(34)20-13-19-22(27-21-16(4)8-7-11-29(21)25(19)33)30(14-15(2)3)23(20)28-24(32)17-9-6-10-18(12-17)31(35)36/h6-13,15H,5,14H2,1-4H3. The van der Waals surface area contributed by atoms with Crippen LogP contribution in [0, 0.1) is 23.0 Å². The van der Waals surface area contributed by atoms with Crippen molar-refractivity contribution in [2.45, 2.75) is 34.2 Å². The number of rotatable bonds is 6. The Morgan fingerprint density at radius 1 is 1.16 bits per heavy atom. The van der Waals surface area contributed by atoms with Crippen molar-refractivity contribution in [3.63, 3.8) is 0 Å². The van der Waals surface area contributed by atoms with Gasteiger partial charge in [0.1, 0.15) is 16.9 Å². The molecule has 1 amide bonds. The molecule has 4 rings (SSSR count). The minimum absolute atomic E-state index is 0.0182. The normalized spacial score (nSPS) is 11.9. The summed E-state index contributed by atoms with van der Waals surface area (Å²) in [6.45, 7) is 7.67. The third kappa shape index (κ3) is 4.88. The number of pyridine rings is 2. The maximum Gasteiger partial charge on any atom is 0.341 e. The molecule has 190 valence electrons. The maximum atomic E-state index is 13.5. The number of esters is 1. The van der Waals surface area contributed by atoms with Crippen molar-refractivity contribution >= 4 is 34.2 Å². The second-order valence-corrected chi connectivity index (χ2v) is 8.87. The van der Waals surface area contributed by atoms with Crippen LogP contribution in [0.2, 0.25) is 0 Å². The topological polar surface area (TPSA) is 138 Å². The average Bonchev–Trinajstić information content (AvgIpc) is 2.86. The van der Waals surface area contributed by atoms with Crippen LogP contribution >= 0.6 is 0 Å². The SMILES string of the molecule is CCOC(=O)c1cc2c(=O)n3cccc(C)c3nc2n(CC(C)C)c1=NC(=O)c1cccc([N+](=O)[O-])c1. The number of carbonyl (C=O) groups is 2. The van der Waals surface area contributed by atoms with Crippen LogP contribution in [0.25, 0.3) is 16.7 Å². The molecule has 11 nitrogen and oxygen atoms in total. The van der Waals surface area contributed by atoms with E-state index >= 15 is 0 Å². The van der Waals surface area contributed by atoms with Gasteiger partial charge in [-0.2, -0.15) is 4.99 Å². The lowest BCUT2D eigenvalue weighted by molar-refractivity contribution is -0.384. The van der Waals surface area contributed by atoms with Gasteiger partial charge in [0.2, 0.25) is 0 Å². The van der Waals surface area contributed by atoms with E-state index in [1.807, 2.05) is 26.8 Å². The number of fused-ring (bicyclic) bond motifs is 2. The summed E-state index contributed by atoms with van der Waals surface area (Å²) < 4.78 is 8.18. The van der Waals surface area contributed by atoms with Crippen LogP contribution in [-0.4, -0.2) is 37.4 Å². The van der Waals surface area contributed by atoms with Gasteiger partial charge in [-0.1, -0.05) is 26.0 Å². The van der Waals surface area contributed by atoms with Gasteiger partial charge >= 0.3 is 5.97 Å². The minimum Gasteiger partial charge on any atom is -0.462 e. The number of carbonyl (C=O) groups excluding carboxylic acids is 2. The smallest absolute Gasteiger partial charge is 0.341 e. The van der Waals surface area contributed by atoms with Gasteiger partial charge in [0.25, 0.3) is 17.2 Å². The number of nitro benzene ring substituents is 1.